The third kappa shape index (κ3) is 5.16. The molecule has 7 nitrogen and oxygen atoms in total. The van der Waals surface area contributed by atoms with Crippen LogP contribution in [0.25, 0.3) is 11.3 Å². The number of nitrogens with zero attached hydrogens (tertiary/aromatic N) is 1. The van der Waals surface area contributed by atoms with Gasteiger partial charge < -0.3 is 15.5 Å². The van der Waals surface area contributed by atoms with E-state index in [1.807, 2.05) is 0 Å². The predicted molar refractivity (Wildman–Crippen MR) is 103 cm³/mol. The van der Waals surface area contributed by atoms with Crippen molar-refractivity contribution >= 4 is 17.6 Å². The van der Waals surface area contributed by atoms with Gasteiger partial charge in [0.25, 0.3) is 11.8 Å². The van der Waals surface area contributed by atoms with Crippen LogP contribution in [0.15, 0.2) is 65.1 Å². The molecule has 0 aliphatic rings. The number of carbonyl (C=O) groups excluding carboxylic acids is 3. The van der Waals surface area contributed by atoms with Gasteiger partial charge in [-0.15, -0.1) is 0 Å². The Morgan fingerprint density at radius 3 is 2.13 bits per heavy atom. The van der Waals surface area contributed by atoms with Crippen molar-refractivity contribution in [3.05, 3.63) is 77.9 Å². The molecule has 10 heteroatoms. The van der Waals surface area contributed by atoms with E-state index in [0.717, 1.165) is 0 Å². The number of oxazole rings is 1. The lowest BCUT2D eigenvalue weighted by Gasteiger charge is -2.16. The molecule has 160 valence electrons. The zero-order valence-corrected chi connectivity index (χ0v) is 15.8. The molecule has 2 aromatic carbocycles. The topological polar surface area (TPSA) is 115 Å². The number of hydrogen-bond donors (Lipinski definition) is 2. The summed E-state index contributed by atoms with van der Waals surface area (Å²) in [6, 6.07) is 14.6. The Hall–Kier alpha value is -3.95. The number of Topliss-reactive ketones (excluding diaryl/α,β-unsaturated/α-hetero) is 1. The van der Waals surface area contributed by atoms with Crippen LogP contribution in [-0.4, -0.2) is 28.6 Å². The second-order valence-corrected chi connectivity index (χ2v) is 6.50. The van der Waals surface area contributed by atoms with Gasteiger partial charge >= 0.3 is 12.1 Å². The summed E-state index contributed by atoms with van der Waals surface area (Å²) < 4.78 is 44.1. The number of benzene rings is 2. The number of halogens is 3. The molecule has 3 aromatic rings. The quantitative estimate of drug-likeness (QED) is 0.558. The molecule has 1 heterocycles. The molecule has 0 unspecified atom stereocenters. The van der Waals surface area contributed by atoms with Crippen molar-refractivity contribution in [1.82, 2.24) is 10.3 Å². The first-order chi connectivity index (χ1) is 14.7. The minimum Gasteiger partial charge on any atom is -0.427 e. The lowest BCUT2D eigenvalue weighted by Crippen LogP contribution is -2.47. The summed E-state index contributed by atoms with van der Waals surface area (Å²) in [5.74, 6) is -5.89. The molecule has 0 aliphatic carbocycles. The molecule has 0 spiro atoms. The monoisotopic (exact) mass is 431 g/mol. The van der Waals surface area contributed by atoms with E-state index in [9.17, 15) is 27.6 Å². The number of carbonyl (C=O) groups is 3. The van der Waals surface area contributed by atoms with Crippen LogP contribution in [0.4, 0.5) is 13.2 Å². The average molecular weight is 431 g/mol. The molecule has 0 saturated heterocycles. The summed E-state index contributed by atoms with van der Waals surface area (Å²) in [4.78, 5) is 39.8. The molecule has 0 fully saturated rings. The van der Waals surface area contributed by atoms with E-state index in [-0.39, 0.29) is 17.7 Å². The fraction of sp³-hybridized carbons (Fsp3) is 0.143. The van der Waals surface area contributed by atoms with E-state index in [1.54, 1.807) is 48.5 Å². The summed E-state index contributed by atoms with van der Waals surface area (Å²) in [6.07, 6.45) is -5.04. The lowest BCUT2D eigenvalue weighted by molar-refractivity contribution is -0.157. The summed E-state index contributed by atoms with van der Waals surface area (Å²) in [5, 5.41) is 2.25. The van der Waals surface area contributed by atoms with Crippen LogP contribution in [0.1, 0.15) is 22.0 Å². The predicted octanol–water partition coefficient (Wildman–Crippen LogP) is 2.76. The summed E-state index contributed by atoms with van der Waals surface area (Å²) >= 11 is 0. The molecule has 0 saturated carbocycles. The number of amides is 2. The van der Waals surface area contributed by atoms with Gasteiger partial charge in [-0.3, -0.25) is 14.4 Å². The molecule has 31 heavy (non-hydrogen) atoms. The molecule has 0 aliphatic heterocycles. The van der Waals surface area contributed by atoms with Crippen molar-refractivity contribution in [3.8, 4) is 11.3 Å². The van der Waals surface area contributed by atoms with E-state index in [0.29, 0.717) is 5.56 Å². The number of ketones is 1. The summed E-state index contributed by atoms with van der Waals surface area (Å²) in [6.45, 7) is 0. The van der Waals surface area contributed by atoms with Gasteiger partial charge in [-0.05, 0) is 5.56 Å². The van der Waals surface area contributed by atoms with E-state index in [2.05, 4.69) is 10.3 Å². The first-order valence-corrected chi connectivity index (χ1v) is 8.98. The normalized spacial score (nSPS) is 12.2. The van der Waals surface area contributed by atoms with Crippen LogP contribution in [0, 0.1) is 0 Å². The van der Waals surface area contributed by atoms with Gasteiger partial charge in [0.2, 0.25) is 11.5 Å². The molecule has 0 radical (unpaired) electrons. The van der Waals surface area contributed by atoms with Gasteiger partial charge in [-0.1, -0.05) is 60.7 Å². The molecular weight excluding hydrogens is 415 g/mol. The fourth-order valence-corrected chi connectivity index (χ4v) is 2.84. The number of alkyl halides is 3. The van der Waals surface area contributed by atoms with Gasteiger partial charge in [0, 0.05) is 12.0 Å². The maximum absolute atomic E-state index is 13.1. The first-order valence-electron chi connectivity index (χ1n) is 8.98. The SMILES string of the molecule is NC(=O)C(=O)[C@H](Cc1ccccc1)NC(=O)c1oc(C(F)(F)F)nc1-c1ccccc1. The van der Waals surface area contributed by atoms with Crippen molar-refractivity contribution in [2.75, 3.05) is 0 Å². The largest absolute Gasteiger partial charge is 0.468 e. The highest BCUT2D eigenvalue weighted by atomic mass is 19.4. The Bertz CT molecular complexity index is 1100. The third-order valence-corrected chi connectivity index (χ3v) is 4.27. The second-order valence-electron chi connectivity index (χ2n) is 6.50. The Kier molecular flexibility index (Phi) is 6.19. The standard InChI is InChI=1S/C21H16F3N3O4/c22-21(23,24)20-27-15(13-9-5-2-6-10-13)17(31-20)19(30)26-14(16(28)18(25)29)11-12-7-3-1-4-8-12/h1-10,14H,11H2,(H2,25,29)(H,26,30)/t14-/m0/s1. The van der Waals surface area contributed by atoms with Gasteiger partial charge in [0.05, 0.1) is 0 Å². The van der Waals surface area contributed by atoms with E-state index < -0.39 is 41.5 Å². The van der Waals surface area contributed by atoms with Crippen molar-refractivity contribution in [3.63, 3.8) is 0 Å². The van der Waals surface area contributed by atoms with Crippen molar-refractivity contribution < 1.29 is 32.0 Å². The van der Waals surface area contributed by atoms with Gasteiger partial charge in [-0.2, -0.15) is 13.2 Å². The smallest absolute Gasteiger partial charge is 0.427 e. The lowest BCUT2D eigenvalue weighted by atomic mass is 10.0. The van der Waals surface area contributed by atoms with E-state index in [4.69, 9.17) is 10.2 Å². The molecule has 1 atom stereocenters. The highest BCUT2D eigenvalue weighted by Crippen LogP contribution is 2.33. The Balaban J connectivity index is 1.97. The third-order valence-electron chi connectivity index (χ3n) is 4.27. The number of aromatic nitrogens is 1. The number of hydrogen-bond acceptors (Lipinski definition) is 5. The maximum Gasteiger partial charge on any atom is 0.468 e. The van der Waals surface area contributed by atoms with Crippen LogP contribution in [0.2, 0.25) is 0 Å². The van der Waals surface area contributed by atoms with Crippen LogP contribution in [0.5, 0.6) is 0 Å². The number of nitrogens with two attached hydrogens (primary N) is 1. The van der Waals surface area contributed by atoms with Gasteiger partial charge in [0.15, 0.2) is 0 Å². The van der Waals surface area contributed by atoms with Crippen LogP contribution in [0.3, 0.4) is 0 Å². The Labute approximate surface area is 174 Å². The van der Waals surface area contributed by atoms with Crippen molar-refractivity contribution in [2.24, 2.45) is 5.73 Å². The molecule has 3 N–H and O–H groups in total. The number of nitrogens with one attached hydrogen (secondary N) is 1. The van der Waals surface area contributed by atoms with Gasteiger partial charge in [0.1, 0.15) is 11.7 Å². The first kappa shape index (κ1) is 21.8. The summed E-state index contributed by atoms with van der Waals surface area (Å²) in [7, 11) is 0. The second kappa shape index (κ2) is 8.82. The zero-order chi connectivity index (χ0) is 22.6. The zero-order valence-electron chi connectivity index (χ0n) is 15.8. The van der Waals surface area contributed by atoms with Gasteiger partial charge in [-0.25, -0.2) is 4.98 Å². The van der Waals surface area contributed by atoms with E-state index >= 15 is 0 Å². The number of rotatable bonds is 7. The molecule has 0 bridgehead atoms. The van der Waals surface area contributed by atoms with E-state index in [1.165, 1.54) is 12.1 Å². The van der Waals surface area contributed by atoms with Crippen LogP contribution >= 0.6 is 0 Å². The Morgan fingerprint density at radius 2 is 1.58 bits per heavy atom. The minimum absolute atomic E-state index is 0.102. The Morgan fingerprint density at radius 1 is 1.00 bits per heavy atom. The molecule has 1 aromatic heterocycles. The minimum atomic E-state index is -4.94. The highest BCUT2D eigenvalue weighted by Gasteiger charge is 2.40. The highest BCUT2D eigenvalue weighted by molar-refractivity contribution is 6.38. The summed E-state index contributed by atoms with van der Waals surface area (Å²) in [5.41, 5.74) is 5.51. The number of primary amides is 1. The molecular formula is C21H16F3N3O4. The van der Waals surface area contributed by atoms with Crippen LogP contribution in [-0.2, 0) is 22.2 Å². The molecule has 3 rings (SSSR count). The maximum atomic E-state index is 13.1. The van der Waals surface area contributed by atoms with Crippen molar-refractivity contribution in [1.29, 1.82) is 0 Å². The van der Waals surface area contributed by atoms with Crippen molar-refractivity contribution in [2.45, 2.75) is 18.6 Å². The average Bonchev–Trinajstić information content (AvgIpc) is 3.20. The molecule has 2 amide bonds. The van der Waals surface area contributed by atoms with Crippen LogP contribution < -0.4 is 11.1 Å². The fourth-order valence-electron chi connectivity index (χ4n) is 2.84.